The van der Waals surface area contributed by atoms with E-state index in [2.05, 4.69) is 26.8 Å². The fourth-order valence-corrected chi connectivity index (χ4v) is 7.73. The highest BCUT2D eigenvalue weighted by molar-refractivity contribution is 5.86. The largest absolute Gasteiger partial charge is 0.393 e. The van der Waals surface area contributed by atoms with Crippen molar-refractivity contribution < 1.29 is 15.0 Å². The van der Waals surface area contributed by atoms with E-state index in [0.717, 1.165) is 44.9 Å². The molecule has 0 unspecified atom stereocenters. The number of aliphatic hydroxyl groups is 2. The van der Waals surface area contributed by atoms with Crippen LogP contribution in [0, 0.1) is 34.5 Å². The van der Waals surface area contributed by atoms with Gasteiger partial charge in [-0.2, -0.15) is 0 Å². The van der Waals surface area contributed by atoms with Crippen LogP contribution in [0.4, 0.5) is 0 Å². The monoisotopic (exact) mass is 346 g/mol. The molecule has 0 aromatic heterocycles. The molecular formula is C22H34O3. The van der Waals surface area contributed by atoms with Gasteiger partial charge in [-0.05, 0) is 81.0 Å². The summed E-state index contributed by atoms with van der Waals surface area (Å²) < 4.78 is 0. The molecule has 0 aromatic carbocycles. The van der Waals surface area contributed by atoms with Crippen molar-refractivity contribution in [3.63, 3.8) is 0 Å². The van der Waals surface area contributed by atoms with Gasteiger partial charge in [-0.1, -0.05) is 32.4 Å². The third kappa shape index (κ3) is 2.09. The Hall–Kier alpha value is -0.670. The van der Waals surface area contributed by atoms with Gasteiger partial charge in [-0.25, -0.2) is 0 Å². The van der Waals surface area contributed by atoms with Crippen molar-refractivity contribution in [2.24, 2.45) is 34.5 Å². The van der Waals surface area contributed by atoms with Crippen molar-refractivity contribution >= 4 is 5.78 Å². The molecule has 3 saturated carbocycles. The van der Waals surface area contributed by atoms with Gasteiger partial charge in [-0.3, -0.25) is 4.79 Å². The number of ketones is 1. The Morgan fingerprint density at radius 2 is 1.92 bits per heavy atom. The predicted molar refractivity (Wildman–Crippen MR) is 97.9 cm³/mol. The fourth-order valence-electron chi connectivity index (χ4n) is 7.73. The van der Waals surface area contributed by atoms with Gasteiger partial charge >= 0.3 is 0 Å². The zero-order valence-corrected chi connectivity index (χ0v) is 16.2. The number of allylic oxidation sites excluding steroid dienone is 1. The molecule has 0 radical (unpaired) electrons. The van der Waals surface area contributed by atoms with Crippen LogP contribution in [0.1, 0.15) is 72.6 Å². The van der Waals surface area contributed by atoms with E-state index < -0.39 is 5.60 Å². The molecule has 140 valence electrons. The maximum absolute atomic E-state index is 12.4. The number of aliphatic hydroxyl groups excluding tert-OH is 1. The summed E-state index contributed by atoms with van der Waals surface area (Å²) in [6.45, 7) is 8.26. The second kappa shape index (κ2) is 5.42. The maximum atomic E-state index is 12.4. The smallest absolute Gasteiger partial charge is 0.162 e. The van der Waals surface area contributed by atoms with E-state index in [4.69, 9.17) is 0 Å². The summed E-state index contributed by atoms with van der Waals surface area (Å²) in [5.74, 6) is 1.64. The number of hydrogen-bond donors (Lipinski definition) is 2. The van der Waals surface area contributed by atoms with Gasteiger partial charge in [0.25, 0.3) is 0 Å². The first-order valence-electron chi connectivity index (χ1n) is 10.3. The van der Waals surface area contributed by atoms with Gasteiger partial charge in [0.15, 0.2) is 5.78 Å². The van der Waals surface area contributed by atoms with E-state index in [0.29, 0.717) is 17.8 Å². The Labute approximate surface area is 151 Å². The second-order valence-corrected chi connectivity index (χ2v) is 10.1. The van der Waals surface area contributed by atoms with E-state index in [1.807, 2.05) is 0 Å². The number of carbonyl (C=O) groups is 1. The van der Waals surface area contributed by atoms with Crippen LogP contribution in [0.5, 0.6) is 0 Å². The molecular weight excluding hydrogens is 312 g/mol. The van der Waals surface area contributed by atoms with Crippen molar-refractivity contribution in [2.45, 2.75) is 84.3 Å². The van der Waals surface area contributed by atoms with Crippen molar-refractivity contribution in [2.75, 3.05) is 0 Å². The summed E-state index contributed by atoms with van der Waals surface area (Å²) in [5.41, 5.74) is 0.249. The topological polar surface area (TPSA) is 57.5 Å². The lowest BCUT2D eigenvalue weighted by atomic mass is 9.46. The average Bonchev–Trinajstić information content (AvgIpc) is 2.77. The van der Waals surface area contributed by atoms with Gasteiger partial charge in [0.1, 0.15) is 5.60 Å². The summed E-state index contributed by atoms with van der Waals surface area (Å²) >= 11 is 0. The van der Waals surface area contributed by atoms with E-state index in [1.54, 1.807) is 6.92 Å². The van der Waals surface area contributed by atoms with Gasteiger partial charge in [0, 0.05) is 5.41 Å². The molecule has 3 nitrogen and oxygen atoms in total. The Morgan fingerprint density at radius 1 is 1.20 bits per heavy atom. The van der Waals surface area contributed by atoms with E-state index >= 15 is 0 Å². The van der Waals surface area contributed by atoms with Crippen LogP contribution >= 0.6 is 0 Å². The SMILES string of the molecule is CC(=O)[C@]1(O)[C@@H](C)C[C@H]2[C@H]3CC=C4C[C@H](O)CC[C@@]4(C)[C@@H]3CC[C@]21C. The molecule has 0 saturated heterocycles. The van der Waals surface area contributed by atoms with Crippen molar-refractivity contribution in [1.82, 2.24) is 0 Å². The minimum Gasteiger partial charge on any atom is -0.393 e. The van der Waals surface area contributed by atoms with Crippen LogP contribution in [0.2, 0.25) is 0 Å². The molecule has 8 atom stereocenters. The van der Waals surface area contributed by atoms with Gasteiger partial charge in [0.05, 0.1) is 6.10 Å². The molecule has 4 aliphatic carbocycles. The quantitative estimate of drug-likeness (QED) is 0.709. The predicted octanol–water partition coefficient (Wildman–Crippen LogP) is 3.88. The minimum absolute atomic E-state index is 0.0394. The number of hydrogen-bond acceptors (Lipinski definition) is 3. The molecule has 2 N–H and O–H groups in total. The summed E-state index contributed by atoms with van der Waals surface area (Å²) in [7, 11) is 0. The van der Waals surface area contributed by atoms with Crippen LogP contribution in [-0.2, 0) is 4.79 Å². The number of carbonyl (C=O) groups excluding carboxylic acids is 1. The molecule has 0 bridgehead atoms. The van der Waals surface area contributed by atoms with Crippen LogP contribution in [0.3, 0.4) is 0 Å². The molecule has 0 heterocycles. The molecule has 25 heavy (non-hydrogen) atoms. The minimum atomic E-state index is -1.16. The van der Waals surface area contributed by atoms with Crippen LogP contribution < -0.4 is 0 Å². The molecule has 4 rings (SSSR count). The average molecular weight is 347 g/mol. The molecule has 0 aromatic rings. The zero-order chi connectivity index (χ0) is 18.2. The molecule has 0 amide bonds. The first kappa shape index (κ1) is 17.7. The molecule has 4 aliphatic rings. The van der Waals surface area contributed by atoms with Crippen LogP contribution in [-0.4, -0.2) is 27.7 Å². The second-order valence-electron chi connectivity index (χ2n) is 10.1. The van der Waals surface area contributed by atoms with E-state index in [1.165, 1.54) is 5.57 Å². The van der Waals surface area contributed by atoms with Gasteiger partial charge < -0.3 is 10.2 Å². The Kier molecular flexibility index (Phi) is 3.84. The van der Waals surface area contributed by atoms with Crippen molar-refractivity contribution in [1.29, 1.82) is 0 Å². The molecule has 0 aliphatic heterocycles. The first-order valence-corrected chi connectivity index (χ1v) is 10.3. The normalized spacial score (nSPS) is 55.0. The Morgan fingerprint density at radius 3 is 2.60 bits per heavy atom. The summed E-state index contributed by atoms with van der Waals surface area (Å²) in [4.78, 5) is 12.4. The highest BCUT2D eigenvalue weighted by atomic mass is 16.3. The zero-order valence-electron chi connectivity index (χ0n) is 16.2. The highest BCUT2D eigenvalue weighted by Gasteiger charge is 2.67. The maximum Gasteiger partial charge on any atom is 0.162 e. The third-order valence-corrected chi connectivity index (χ3v) is 9.20. The lowest BCUT2D eigenvalue weighted by Crippen LogP contribution is -2.58. The van der Waals surface area contributed by atoms with Gasteiger partial charge in [0.2, 0.25) is 0 Å². The fraction of sp³-hybridized carbons (Fsp3) is 0.864. The number of Topliss-reactive ketones (excluding diaryl/α,β-unsaturated/α-hetero) is 1. The Balaban J connectivity index is 1.72. The lowest BCUT2D eigenvalue weighted by Gasteiger charge is -2.58. The first-order chi connectivity index (χ1) is 11.6. The Bertz CT molecular complexity index is 625. The number of fused-ring (bicyclic) bond motifs is 5. The van der Waals surface area contributed by atoms with Crippen LogP contribution in [0.25, 0.3) is 0 Å². The standard InChI is InChI=1S/C22H34O3/c1-13-11-19-17-6-5-15-12-16(24)7-9-20(15,3)18(17)8-10-21(19,4)22(13,25)14(2)23/h5,13,16-19,24-25H,6-12H2,1-4H3/t13-,16+,17-,18+,19-,20+,21+,22+/m0/s1. The van der Waals surface area contributed by atoms with E-state index in [-0.39, 0.29) is 28.6 Å². The third-order valence-electron chi connectivity index (χ3n) is 9.20. The summed E-state index contributed by atoms with van der Waals surface area (Å²) in [6.07, 6.45) is 9.15. The summed E-state index contributed by atoms with van der Waals surface area (Å²) in [5, 5.41) is 21.5. The van der Waals surface area contributed by atoms with Gasteiger partial charge in [-0.15, -0.1) is 0 Å². The van der Waals surface area contributed by atoms with Crippen LogP contribution in [0.15, 0.2) is 11.6 Å². The van der Waals surface area contributed by atoms with Crippen molar-refractivity contribution in [3.05, 3.63) is 11.6 Å². The molecule has 3 heteroatoms. The highest BCUT2D eigenvalue weighted by Crippen LogP contribution is 2.68. The molecule has 0 spiro atoms. The number of rotatable bonds is 1. The lowest BCUT2D eigenvalue weighted by molar-refractivity contribution is -0.165. The molecule has 3 fully saturated rings. The van der Waals surface area contributed by atoms with Crippen molar-refractivity contribution in [3.8, 4) is 0 Å². The van der Waals surface area contributed by atoms with E-state index in [9.17, 15) is 15.0 Å². The summed E-state index contributed by atoms with van der Waals surface area (Å²) in [6, 6.07) is 0.